The third-order valence-electron chi connectivity index (χ3n) is 4.15. The fourth-order valence-electron chi connectivity index (χ4n) is 2.24. The zero-order valence-corrected chi connectivity index (χ0v) is 11.0. The number of nitrogens with two attached hydrogens (primary N) is 1. The largest absolute Gasteiger partial charge is 0.353 e. The minimum absolute atomic E-state index is 0.0981. The van der Waals surface area contributed by atoms with Crippen molar-refractivity contribution in [2.24, 2.45) is 23.0 Å². The number of carbonyl (C=O) groups excluding carboxylic acids is 1. The maximum Gasteiger partial charge on any atom is 0.227 e. The molecule has 1 saturated carbocycles. The standard InChI is InChI=1S/C13H26N2O/c1-9-6-5-7-11(10(9)2)15-12(16)13(3,4)8-14/h9-11H,5-8,14H2,1-4H3,(H,15,16). The molecule has 94 valence electrons. The van der Waals surface area contributed by atoms with E-state index in [0.717, 1.165) is 6.42 Å². The van der Waals surface area contributed by atoms with Crippen molar-refractivity contribution in [2.45, 2.75) is 53.0 Å². The number of nitrogens with one attached hydrogen (secondary N) is 1. The van der Waals surface area contributed by atoms with E-state index in [2.05, 4.69) is 19.2 Å². The summed E-state index contributed by atoms with van der Waals surface area (Å²) in [5.74, 6) is 1.38. The van der Waals surface area contributed by atoms with Crippen molar-refractivity contribution < 1.29 is 4.79 Å². The normalized spacial score (nSPS) is 31.2. The average molecular weight is 226 g/mol. The maximum atomic E-state index is 12.0. The molecule has 0 saturated heterocycles. The van der Waals surface area contributed by atoms with Crippen LogP contribution in [0.1, 0.15) is 47.0 Å². The third-order valence-corrected chi connectivity index (χ3v) is 4.15. The highest BCUT2D eigenvalue weighted by Crippen LogP contribution is 2.30. The summed E-state index contributed by atoms with van der Waals surface area (Å²) < 4.78 is 0. The molecule has 0 aromatic rings. The van der Waals surface area contributed by atoms with Gasteiger partial charge in [0.2, 0.25) is 5.91 Å². The molecule has 3 heteroatoms. The van der Waals surface area contributed by atoms with Gasteiger partial charge in [-0.25, -0.2) is 0 Å². The first-order valence-electron chi connectivity index (χ1n) is 6.39. The summed E-state index contributed by atoms with van der Waals surface area (Å²) in [6.45, 7) is 8.72. The highest BCUT2D eigenvalue weighted by Gasteiger charge is 2.32. The fraction of sp³-hybridized carbons (Fsp3) is 0.923. The van der Waals surface area contributed by atoms with E-state index in [-0.39, 0.29) is 5.91 Å². The summed E-state index contributed by atoms with van der Waals surface area (Å²) in [6.07, 6.45) is 3.62. The van der Waals surface area contributed by atoms with Crippen LogP contribution in [0.25, 0.3) is 0 Å². The van der Waals surface area contributed by atoms with Crippen LogP contribution in [0, 0.1) is 17.3 Å². The van der Waals surface area contributed by atoms with Gasteiger partial charge in [-0.3, -0.25) is 4.79 Å². The molecule has 0 radical (unpaired) electrons. The number of carbonyl (C=O) groups is 1. The minimum Gasteiger partial charge on any atom is -0.353 e. The van der Waals surface area contributed by atoms with E-state index in [9.17, 15) is 4.79 Å². The van der Waals surface area contributed by atoms with Crippen LogP contribution in [-0.2, 0) is 4.79 Å². The van der Waals surface area contributed by atoms with Crippen LogP contribution in [0.4, 0.5) is 0 Å². The van der Waals surface area contributed by atoms with E-state index in [0.29, 0.717) is 24.4 Å². The van der Waals surface area contributed by atoms with Crippen LogP contribution in [-0.4, -0.2) is 18.5 Å². The van der Waals surface area contributed by atoms with Crippen LogP contribution >= 0.6 is 0 Å². The predicted molar refractivity (Wildman–Crippen MR) is 66.9 cm³/mol. The van der Waals surface area contributed by atoms with Crippen molar-refractivity contribution >= 4 is 5.91 Å². The van der Waals surface area contributed by atoms with Gasteiger partial charge in [0, 0.05) is 12.6 Å². The van der Waals surface area contributed by atoms with Gasteiger partial charge < -0.3 is 11.1 Å². The molecular formula is C13H26N2O. The van der Waals surface area contributed by atoms with Crippen molar-refractivity contribution in [3.05, 3.63) is 0 Å². The molecule has 1 aliphatic carbocycles. The van der Waals surface area contributed by atoms with Gasteiger partial charge in [0.05, 0.1) is 5.41 Å². The third kappa shape index (κ3) is 2.97. The van der Waals surface area contributed by atoms with Gasteiger partial charge in [0.1, 0.15) is 0 Å². The van der Waals surface area contributed by atoms with E-state index < -0.39 is 5.41 Å². The number of hydrogen-bond acceptors (Lipinski definition) is 2. The van der Waals surface area contributed by atoms with Gasteiger partial charge in [0.25, 0.3) is 0 Å². The van der Waals surface area contributed by atoms with E-state index >= 15 is 0 Å². The summed E-state index contributed by atoms with van der Waals surface area (Å²) >= 11 is 0. The van der Waals surface area contributed by atoms with E-state index in [1.807, 2.05) is 13.8 Å². The van der Waals surface area contributed by atoms with Crippen molar-refractivity contribution in [3.63, 3.8) is 0 Å². The molecule has 0 aromatic carbocycles. The summed E-state index contributed by atoms with van der Waals surface area (Å²) in [5.41, 5.74) is 5.17. The molecule has 0 spiro atoms. The molecule has 3 unspecified atom stereocenters. The number of hydrogen-bond donors (Lipinski definition) is 2. The second-order valence-electron chi connectivity index (χ2n) is 5.94. The first kappa shape index (κ1) is 13.5. The summed E-state index contributed by atoms with van der Waals surface area (Å²) in [6, 6.07) is 0.335. The Balaban J connectivity index is 2.56. The quantitative estimate of drug-likeness (QED) is 0.772. The van der Waals surface area contributed by atoms with Gasteiger partial charge in [0.15, 0.2) is 0 Å². The Bertz CT molecular complexity index is 250. The van der Waals surface area contributed by atoms with Crippen LogP contribution in [0.3, 0.4) is 0 Å². The zero-order valence-electron chi connectivity index (χ0n) is 11.0. The number of amides is 1. The molecular weight excluding hydrogens is 200 g/mol. The summed E-state index contributed by atoms with van der Waals surface area (Å²) in [5, 5.41) is 3.17. The Kier molecular flexibility index (Phi) is 4.36. The maximum absolute atomic E-state index is 12.0. The Labute approximate surface area is 99.2 Å². The summed E-state index contributed by atoms with van der Waals surface area (Å²) in [4.78, 5) is 12.0. The second kappa shape index (κ2) is 5.17. The first-order chi connectivity index (χ1) is 7.38. The Morgan fingerprint density at radius 3 is 2.56 bits per heavy atom. The molecule has 1 rings (SSSR count). The van der Waals surface area contributed by atoms with Gasteiger partial charge in [-0.1, -0.05) is 26.7 Å². The number of rotatable bonds is 3. The molecule has 0 heterocycles. The predicted octanol–water partition coefficient (Wildman–Crippen LogP) is 1.91. The molecule has 1 fully saturated rings. The highest BCUT2D eigenvalue weighted by atomic mass is 16.2. The van der Waals surface area contributed by atoms with Crippen LogP contribution < -0.4 is 11.1 Å². The van der Waals surface area contributed by atoms with Crippen molar-refractivity contribution in [1.29, 1.82) is 0 Å². The zero-order chi connectivity index (χ0) is 12.3. The van der Waals surface area contributed by atoms with Gasteiger partial charge in [-0.05, 0) is 32.1 Å². The van der Waals surface area contributed by atoms with Crippen LogP contribution in [0.5, 0.6) is 0 Å². The molecule has 1 aliphatic rings. The average Bonchev–Trinajstić information content (AvgIpc) is 2.24. The lowest BCUT2D eigenvalue weighted by Crippen LogP contribution is -2.50. The van der Waals surface area contributed by atoms with Crippen molar-refractivity contribution in [2.75, 3.05) is 6.54 Å². The molecule has 16 heavy (non-hydrogen) atoms. The second-order valence-corrected chi connectivity index (χ2v) is 5.94. The fourth-order valence-corrected chi connectivity index (χ4v) is 2.24. The lowest BCUT2D eigenvalue weighted by atomic mass is 9.77. The molecule has 0 aliphatic heterocycles. The van der Waals surface area contributed by atoms with E-state index in [1.165, 1.54) is 12.8 Å². The first-order valence-corrected chi connectivity index (χ1v) is 6.39. The smallest absolute Gasteiger partial charge is 0.227 e. The van der Waals surface area contributed by atoms with Gasteiger partial charge in [-0.15, -0.1) is 0 Å². The minimum atomic E-state index is -0.444. The summed E-state index contributed by atoms with van der Waals surface area (Å²) in [7, 11) is 0. The SMILES string of the molecule is CC1CCCC(NC(=O)C(C)(C)CN)C1C. The molecule has 3 atom stereocenters. The topological polar surface area (TPSA) is 55.1 Å². The lowest BCUT2D eigenvalue weighted by Gasteiger charge is -2.36. The Morgan fingerprint density at radius 2 is 2.00 bits per heavy atom. The molecule has 1 amide bonds. The van der Waals surface area contributed by atoms with Crippen LogP contribution in [0.2, 0.25) is 0 Å². The Morgan fingerprint density at radius 1 is 1.38 bits per heavy atom. The molecule has 0 aromatic heterocycles. The monoisotopic (exact) mass is 226 g/mol. The van der Waals surface area contributed by atoms with E-state index in [1.54, 1.807) is 0 Å². The molecule has 3 nitrogen and oxygen atoms in total. The molecule has 3 N–H and O–H groups in total. The van der Waals surface area contributed by atoms with Crippen molar-refractivity contribution in [1.82, 2.24) is 5.32 Å². The van der Waals surface area contributed by atoms with E-state index in [4.69, 9.17) is 5.73 Å². The highest BCUT2D eigenvalue weighted by molar-refractivity contribution is 5.82. The van der Waals surface area contributed by atoms with Crippen molar-refractivity contribution in [3.8, 4) is 0 Å². The Hall–Kier alpha value is -0.570. The lowest BCUT2D eigenvalue weighted by molar-refractivity contribution is -0.130. The van der Waals surface area contributed by atoms with Gasteiger partial charge in [-0.2, -0.15) is 0 Å². The molecule has 0 bridgehead atoms. The van der Waals surface area contributed by atoms with Crippen LogP contribution in [0.15, 0.2) is 0 Å². The van der Waals surface area contributed by atoms with Gasteiger partial charge >= 0.3 is 0 Å².